The van der Waals surface area contributed by atoms with Gasteiger partial charge < -0.3 is 25.6 Å². The van der Waals surface area contributed by atoms with Crippen LogP contribution in [0.1, 0.15) is 57.3 Å². The van der Waals surface area contributed by atoms with Gasteiger partial charge in [-0.1, -0.05) is 67.0 Å². The van der Waals surface area contributed by atoms with Crippen LogP contribution in [0.15, 0.2) is 60.8 Å². The summed E-state index contributed by atoms with van der Waals surface area (Å²) in [5.74, 6) is -2.09. The molecule has 0 fully saturated rings. The number of rotatable bonds is 15. The lowest BCUT2D eigenvalue weighted by molar-refractivity contribution is -0.140. The van der Waals surface area contributed by atoms with Crippen LogP contribution in [0.5, 0.6) is 0 Å². The molecule has 1 aromatic heterocycles. The Bertz CT molecular complexity index is 1420. The fourth-order valence-electron chi connectivity index (χ4n) is 5.20. The van der Waals surface area contributed by atoms with E-state index in [1.165, 1.54) is 4.90 Å². The zero-order valence-electron chi connectivity index (χ0n) is 25.4. The van der Waals surface area contributed by atoms with E-state index in [1.54, 1.807) is 12.3 Å². The van der Waals surface area contributed by atoms with Crippen molar-refractivity contribution in [3.05, 3.63) is 83.7 Å². The highest BCUT2D eigenvalue weighted by Gasteiger charge is 2.37. The molecule has 11 heteroatoms. The molecule has 3 aromatic rings. The van der Waals surface area contributed by atoms with Crippen molar-refractivity contribution >= 4 is 33.5 Å². The number of carbonyl (C=O) groups is 3. The summed E-state index contributed by atoms with van der Waals surface area (Å²) in [5.41, 5.74) is 7.73. The summed E-state index contributed by atoms with van der Waals surface area (Å²) in [6.45, 7) is 5.80. The molecular weight excluding hydrogens is 634 g/mol. The van der Waals surface area contributed by atoms with E-state index in [9.17, 15) is 28.3 Å². The SMILES string of the molecule is CC(C)(C)[C@H](c1cc(-c2cc(F)ccc2F)cn1Cc1ccccc1)N(CC[C@H](N)C(=O)NCCCC(=O)CBr)C(=O)CO. The number of ketones is 1. The van der Waals surface area contributed by atoms with Crippen molar-refractivity contribution < 1.29 is 28.3 Å². The lowest BCUT2D eigenvalue weighted by Gasteiger charge is -2.41. The number of aromatic nitrogens is 1. The fraction of sp³-hybridized carbons (Fsp3) is 0.424. The van der Waals surface area contributed by atoms with Crippen molar-refractivity contribution in [1.82, 2.24) is 14.8 Å². The zero-order valence-corrected chi connectivity index (χ0v) is 26.9. The molecule has 0 unspecified atom stereocenters. The number of hydrogen-bond donors (Lipinski definition) is 3. The number of hydrogen-bond acceptors (Lipinski definition) is 5. The number of carbonyl (C=O) groups excluding carboxylic acids is 3. The van der Waals surface area contributed by atoms with E-state index in [2.05, 4.69) is 21.2 Å². The molecule has 0 saturated heterocycles. The maximum Gasteiger partial charge on any atom is 0.248 e. The van der Waals surface area contributed by atoms with Crippen molar-refractivity contribution in [2.24, 2.45) is 11.1 Å². The molecule has 8 nitrogen and oxygen atoms in total. The summed E-state index contributed by atoms with van der Waals surface area (Å²) in [6, 6.07) is 13.0. The van der Waals surface area contributed by atoms with Crippen LogP contribution in [0.3, 0.4) is 0 Å². The van der Waals surface area contributed by atoms with Crippen molar-refractivity contribution in [3.63, 3.8) is 0 Å². The molecule has 2 atom stereocenters. The Labute approximate surface area is 265 Å². The third-order valence-electron chi connectivity index (χ3n) is 7.33. The Morgan fingerprint density at radius 3 is 2.43 bits per heavy atom. The van der Waals surface area contributed by atoms with Gasteiger partial charge in [0.15, 0.2) is 0 Å². The van der Waals surface area contributed by atoms with Gasteiger partial charge in [0, 0.05) is 49.1 Å². The second kappa shape index (κ2) is 16.1. The second-order valence-electron chi connectivity index (χ2n) is 11.9. The van der Waals surface area contributed by atoms with E-state index in [0.29, 0.717) is 37.2 Å². The summed E-state index contributed by atoms with van der Waals surface area (Å²) in [5, 5.41) is 13.0. The largest absolute Gasteiger partial charge is 0.387 e. The lowest BCUT2D eigenvalue weighted by atomic mass is 9.82. The summed E-state index contributed by atoms with van der Waals surface area (Å²) in [7, 11) is 0. The van der Waals surface area contributed by atoms with Crippen molar-refractivity contribution in [2.75, 3.05) is 25.0 Å². The number of halogens is 3. The minimum atomic E-state index is -0.940. The maximum atomic E-state index is 14.9. The Morgan fingerprint density at radius 2 is 1.80 bits per heavy atom. The summed E-state index contributed by atoms with van der Waals surface area (Å²) in [4.78, 5) is 38.9. The Balaban J connectivity index is 1.97. The highest BCUT2D eigenvalue weighted by molar-refractivity contribution is 9.09. The summed E-state index contributed by atoms with van der Waals surface area (Å²) >= 11 is 3.11. The van der Waals surface area contributed by atoms with E-state index < -0.39 is 47.6 Å². The molecule has 0 aliphatic carbocycles. The molecule has 0 aliphatic rings. The minimum Gasteiger partial charge on any atom is -0.387 e. The second-order valence-corrected chi connectivity index (χ2v) is 12.4. The van der Waals surface area contributed by atoms with Gasteiger partial charge in [-0.25, -0.2) is 8.78 Å². The average molecular weight is 676 g/mol. The van der Waals surface area contributed by atoms with Gasteiger partial charge in [-0.2, -0.15) is 0 Å². The monoisotopic (exact) mass is 674 g/mol. The Hall–Kier alpha value is -3.41. The number of amides is 2. The van der Waals surface area contributed by atoms with Crippen LogP contribution in [0.25, 0.3) is 11.1 Å². The predicted octanol–water partition coefficient (Wildman–Crippen LogP) is 4.97. The minimum absolute atomic E-state index is 0.0373. The molecule has 44 heavy (non-hydrogen) atoms. The number of alkyl halides is 1. The maximum absolute atomic E-state index is 14.9. The first-order valence-electron chi connectivity index (χ1n) is 14.6. The molecule has 0 saturated carbocycles. The number of nitrogens with zero attached hydrogens (tertiary/aromatic N) is 2. The molecule has 0 radical (unpaired) electrons. The first-order chi connectivity index (χ1) is 20.8. The fourth-order valence-corrected chi connectivity index (χ4v) is 5.49. The molecular formula is C33H41BrF2N4O4. The van der Waals surface area contributed by atoms with Gasteiger partial charge in [-0.05, 0) is 48.1 Å². The van der Waals surface area contributed by atoms with Gasteiger partial charge in [0.1, 0.15) is 24.0 Å². The number of aliphatic hydroxyl groups is 1. The topological polar surface area (TPSA) is 118 Å². The van der Waals surface area contributed by atoms with Crippen LogP contribution in [-0.4, -0.2) is 63.2 Å². The third kappa shape index (κ3) is 9.54. The zero-order chi connectivity index (χ0) is 32.4. The third-order valence-corrected chi connectivity index (χ3v) is 7.96. The quantitative estimate of drug-likeness (QED) is 0.156. The molecule has 1 heterocycles. The van der Waals surface area contributed by atoms with Crippen LogP contribution in [0.4, 0.5) is 8.78 Å². The predicted molar refractivity (Wildman–Crippen MR) is 170 cm³/mol. The lowest BCUT2D eigenvalue weighted by Crippen LogP contribution is -2.47. The smallest absolute Gasteiger partial charge is 0.248 e. The van der Waals surface area contributed by atoms with Crippen LogP contribution < -0.4 is 11.1 Å². The van der Waals surface area contributed by atoms with E-state index in [4.69, 9.17) is 5.73 Å². The molecule has 0 bridgehead atoms. The van der Waals surface area contributed by atoms with E-state index in [0.717, 1.165) is 23.8 Å². The van der Waals surface area contributed by atoms with Crippen LogP contribution in [0.2, 0.25) is 0 Å². The number of nitrogens with one attached hydrogen (secondary N) is 1. The van der Waals surface area contributed by atoms with Crippen LogP contribution >= 0.6 is 15.9 Å². The summed E-state index contributed by atoms with van der Waals surface area (Å²) < 4.78 is 31.0. The van der Waals surface area contributed by atoms with E-state index in [1.807, 2.05) is 55.7 Å². The highest BCUT2D eigenvalue weighted by atomic mass is 79.9. The van der Waals surface area contributed by atoms with E-state index >= 15 is 0 Å². The van der Waals surface area contributed by atoms with Crippen molar-refractivity contribution in [3.8, 4) is 11.1 Å². The Kier molecular flexibility index (Phi) is 12.8. The van der Waals surface area contributed by atoms with Crippen LogP contribution in [0, 0.1) is 17.0 Å². The Morgan fingerprint density at radius 1 is 1.09 bits per heavy atom. The van der Waals surface area contributed by atoms with Gasteiger partial charge in [0.05, 0.1) is 17.4 Å². The van der Waals surface area contributed by atoms with Gasteiger partial charge in [-0.3, -0.25) is 14.4 Å². The van der Waals surface area contributed by atoms with E-state index in [-0.39, 0.29) is 29.6 Å². The molecule has 2 aromatic carbocycles. The van der Waals surface area contributed by atoms with Crippen LogP contribution in [-0.2, 0) is 20.9 Å². The molecule has 2 amide bonds. The molecule has 4 N–H and O–H groups in total. The first-order valence-corrected chi connectivity index (χ1v) is 15.7. The number of Topliss-reactive ketones (excluding diaryl/α,β-unsaturated/α-hetero) is 1. The van der Waals surface area contributed by atoms with Gasteiger partial charge in [0.25, 0.3) is 0 Å². The van der Waals surface area contributed by atoms with Gasteiger partial charge in [0.2, 0.25) is 11.8 Å². The molecule has 238 valence electrons. The number of nitrogens with two attached hydrogens (primary N) is 1. The highest BCUT2D eigenvalue weighted by Crippen LogP contribution is 2.41. The van der Waals surface area contributed by atoms with Crippen molar-refractivity contribution in [1.29, 1.82) is 0 Å². The van der Waals surface area contributed by atoms with Gasteiger partial charge >= 0.3 is 0 Å². The first kappa shape index (κ1) is 35.1. The molecule has 0 aliphatic heterocycles. The standard InChI is InChI=1S/C33H41BrF2N4O4/c1-33(2,3)31(40(30(43)21-41)15-13-28(37)32(44)38-14-7-10-25(42)18-34)29-16-23(26-17-24(35)11-12-27(26)36)20-39(29)19-22-8-5-4-6-9-22/h4-6,8-9,11-12,16-17,20,28,31,41H,7,10,13-15,18-19,21,37H2,1-3H3,(H,38,44)/t28-,31-/m0/s1. The molecule has 3 rings (SSSR count). The normalized spacial score (nSPS) is 12.9. The number of aliphatic hydroxyl groups excluding tert-OH is 1. The summed E-state index contributed by atoms with van der Waals surface area (Å²) in [6.07, 6.45) is 2.66. The van der Waals surface area contributed by atoms with Gasteiger partial charge in [-0.15, -0.1) is 0 Å². The average Bonchev–Trinajstić information content (AvgIpc) is 3.39. The van der Waals surface area contributed by atoms with Crippen molar-refractivity contribution in [2.45, 2.75) is 58.7 Å². The molecule has 0 spiro atoms. The number of benzene rings is 2.